The normalized spacial score (nSPS) is 17.2. The fourth-order valence-corrected chi connectivity index (χ4v) is 3.29. The summed E-state index contributed by atoms with van der Waals surface area (Å²) in [7, 11) is 0. The fraction of sp³-hybridized carbons (Fsp3) is 0.538. The van der Waals surface area contributed by atoms with E-state index in [9.17, 15) is 10.2 Å². The summed E-state index contributed by atoms with van der Waals surface area (Å²) in [6, 6.07) is 5.08. The summed E-state index contributed by atoms with van der Waals surface area (Å²) >= 11 is 2.03. The van der Waals surface area contributed by atoms with E-state index in [0.717, 1.165) is 18.0 Å². The van der Waals surface area contributed by atoms with Crippen LogP contribution in [0.25, 0.3) is 0 Å². The van der Waals surface area contributed by atoms with Crippen LogP contribution in [-0.2, 0) is 6.54 Å². The molecular weight excluding hydrogens is 234 g/mol. The van der Waals surface area contributed by atoms with Gasteiger partial charge in [0.05, 0.1) is 0 Å². The minimum Gasteiger partial charge on any atom is -0.504 e. The molecule has 0 atom stereocenters. The van der Waals surface area contributed by atoms with Gasteiger partial charge in [-0.25, -0.2) is 0 Å². The van der Waals surface area contributed by atoms with Gasteiger partial charge in [0, 0.05) is 12.1 Å². The maximum absolute atomic E-state index is 9.64. The predicted octanol–water partition coefficient (Wildman–Crippen LogP) is 2.33. The van der Waals surface area contributed by atoms with E-state index in [0.29, 0.717) is 6.54 Å². The van der Waals surface area contributed by atoms with Crippen molar-refractivity contribution in [2.24, 2.45) is 5.92 Å². The maximum Gasteiger partial charge on any atom is 0.161 e. The SMILES string of the molecule is Oc1cccc(CNCC2CCSCC2)c1O. The van der Waals surface area contributed by atoms with Gasteiger partial charge in [-0.15, -0.1) is 0 Å². The summed E-state index contributed by atoms with van der Waals surface area (Å²) in [6.07, 6.45) is 2.56. The Labute approximate surface area is 106 Å². The van der Waals surface area contributed by atoms with Crippen molar-refractivity contribution in [2.45, 2.75) is 19.4 Å². The fourth-order valence-electron chi connectivity index (χ4n) is 2.08. The lowest BCUT2D eigenvalue weighted by molar-refractivity contribution is 0.394. The summed E-state index contributed by atoms with van der Waals surface area (Å²) in [5.41, 5.74) is 0.759. The second kappa shape index (κ2) is 6.17. The third kappa shape index (κ3) is 3.54. The van der Waals surface area contributed by atoms with E-state index in [1.807, 2.05) is 17.8 Å². The third-order valence-electron chi connectivity index (χ3n) is 3.19. The summed E-state index contributed by atoms with van der Waals surface area (Å²) in [6.45, 7) is 1.61. The molecule has 3 N–H and O–H groups in total. The molecule has 1 aliphatic rings. The van der Waals surface area contributed by atoms with Crippen LogP contribution >= 0.6 is 11.8 Å². The van der Waals surface area contributed by atoms with E-state index < -0.39 is 0 Å². The highest BCUT2D eigenvalue weighted by Crippen LogP contribution is 2.28. The van der Waals surface area contributed by atoms with Crippen LogP contribution in [0.5, 0.6) is 11.5 Å². The van der Waals surface area contributed by atoms with Crippen molar-refractivity contribution in [1.29, 1.82) is 0 Å². The van der Waals surface area contributed by atoms with Gasteiger partial charge >= 0.3 is 0 Å². The molecule has 0 radical (unpaired) electrons. The van der Waals surface area contributed by atoms with Crippen molar-refractivity contribution >= 4 is 11.8 Å². The number of hydrogen-bond donors (Lipinski definition) is 3. The Morgan fingerprint density at radius 1 is 1.24 bits per heavy atom. The lowest BCUT2D eigenvalue weighted by Crippen LogP contribution is -2.25. The van der Waals surface area contributed by atoms with Crippen LogP contribution < -0.4 is 5.32 Å². The zero-order valence-electron chi connectivity index (χ0n) is 9.85. The molecule has 1 fully saturated rings. The van der Waals surface area contributed by atoms with Crippen molar-refractivity contribution in [3.8, 4) is 11.5 Å². The lowest BCUT2D eigenvalue weighted by atomic mass is 10.0. The number of nitrogens with one attached hydrogen (secondary N) is 1. The number of para-hydroxylation sites is 1. The summed E-state index contributed by atoms with van der Waals surface area (Å²) in [5, 5.41) is 22.4. The smallest absolute Gasteiger partial charge is 0.161 e. The molecule has 0 unspecified atom stereocenters. The molecule has 17 heavy (non-hydrogen) atoms. The first-order valence-electron chi connectivity index (χ1n) is 6.05. The summed E-state index contributed by atoms with van der Waals surface area (Å²) in [5.74, 6) is 3.25. The average molecular weight is 253 g/mol. The van der Waals surface area contributed by atoms with Gasteiger partial charge in [0.25, 0.3) is 0 Å². The van der Waals surface area contributed by atoms with Gasteiger partial charge in [0.1, 0.15) is 0 Å². The van der Waals surface area contributed by atoms with Gasteiger partial charge in [-0.05, 0) is 42.9 Å². The molecule has 1 aromatic rings. The minimum atomic E-state index is -0.0432. The summed E-state index contributed by atoms with van der Waals surface area (Å²) in [4.78, 5) is 0. The predicted molar refractivity (Wildman–Crippen MR) is 71.5 cm³/mol. The zero-order valence-corrected chi connectivity index (χ0v) is 10.7. The van der Waals surface area contributed by atoms with Gasteiger partial charge in [-0.3, -0.25) is 0 Å². The largest absolute Gasteiger partial charge is 0.504 e. The van der Waals surface area contributed by atoms with Gasteiger partial charge in [0.15, 0.2) is 11.5 Å². The highest BCUT2D eigenvalue weighted by Gasteiger charge is 2.13. The molecular formula is C13H19NO2S. The molecule has 1 heterocycles. The minimum absolute atomic E-state index is 0.000741. The quantitative estimate of drug-likeness (QED) is 0.721. The van der Waals surface area contributed by atoms with Gasteiger partial charge in [-0.2, -0.15) is 11.8 Å². The highest BCUT2D eigenvalue weighted by atomic mass is 32.2. The zero-order chi connectivity index (χ0) is 12.1. The molecule has 0 aromatic heterocycles. The Bertz CT molecular complexity index is 364. The Morgan fingerprint density at radius 3 is 2.76 bits per heavy atom. The van der Waals surface area contributed by atoms with E-state index in [2.05, 4.69) is 5.32 Å². The van der Waals surface area contributed by atoms with E-state index in [1.165, 1.54) is 30.4 Å². The van der Waals surface area contributed by atoms with Crippen LogP contribution in [0.3, 0.4) is 0 Å². The van der Waals surface area contributed by atoms with E-state index in [-0.39, 0.29) is 11.5 Å². The van der Waals surface area contributed by atoms with Gasteiger partial charge in [-0.1, -0.05) is 12.1 Å². The Balaban J connectivity index is 1.79. The van der Waals surface area contributed by atoms with Crippen molar-refractivity contribution in [3.63, 3.8) is 0 Å². The second-order valence-electron chi connectivity index (χ2n) is 4.47. The molecule has 2 rings (SSSR count). The third-order valence-corrected chi connectivity index (χ3v) is 4.24. The molecule has 3 nitrogen and oxygen atoms in total. The average Bonchev–Trinajstić information content (AvgIpc) is 2.36. The number of aromatic hydroxyl groups is 2. The molecule has 0 spiro atoms. The number of rotatable bonds is 4. The first-order valence-corrected chi connectivity index (χ1v) is 7.21. The van der Waals surface area contributed by atoms with E-state index >= 15 is 0 Å². The molecule has 4 heteroatoms. The van der Waals surface area contributed by atoms with Crippen molar-refractivity contribution in [2.75, 3.05) is 18.1 Å². The number of hydrogen-bond acceptors (Lipinski definition) is 4. The van der Waals surface area contributed by atoms with Crippen molar-refractivity contribution < 1.29 is 10.2 Å². The van der Waals surface area contributed by atoms with Crippen LogP contribution in [0.4, 0.5) is 0 Å². The molecule has 1 aliphatic heterocycles. The van der Waals surface area contributed by atoms with Crippen LogP contribution in [0.1, 0.15) is 18.4 Å². The van der Waals surface area contributed by atoms with Crippen LogP contribution in [0.15, 0.2) is 18.2 Å². The Kier molecular flexibility index (Phi) is 4.57. The van der Waals surface area contributed by atoms with Crippen LogP contribution in [-0.4, -0.2) is 28.3 Å². The van der Waals surface area contributed by atoms with E-state index in [1.54, 1.807) is 6.07 Å². The number of phenols is 2. The van der Waals surface area contributed by atoms with Gasteiger partial charge < -0.3 is 15.5 Å². The summed E-state index contributed by atoms with van der Waals surface area (Å²) < 4.78 is 0. The highest BCUT2D eigenvalue weighted by molar-refractivity contribution is 7.99. The van der Waals surface area contributed by atoms with E-state index in [4.69, 9.17) is 0 Å². The van der Waals surface area contributed by atoms with Gasteiger partial charge in [0.2, 0.25) is 0 Å². The standard InChI is InChI=1S/C13H19NO2S/c15-12-3-1-2-11(13(12)16)9-14-8-10-4-6-17-7-5-10/h1-3,10,14-16H,4-9H2. The molecule has 0 aliphatic carbocycles. The molecule has 0 bridgehead atoms. The number of benzene rings is 1. The number of phenolic OH excluding ortho intramolecular Hbond substituents is 2. The molecule has 1 aromatic carbocycles. The molecule has 94 valence electrons. The molecule has 0 saturated carbocycles. The number of thioether (sulfide) groups is 1. The van der Waals surface area contributed by atoms with Crippen molar-refractivity contribution in [3.05, 3.63) is 23.8 Å². The maximum atomic E-state index is 9.64. The first-order chi connectivity index (χ1) is 8.27. The Morgan fingerprint density at radius 2 is 2.00 bits per heavy atom. The van der Waals surface area contributed by atoms with Crippen LogP contribution in [0, 0.1) is 5.92 Å². The Hall–Kier alpha value is -0.870. The van der Waals surface area contributed by atoms with Crippen LogP contribution in [0.2, 0.25) is 0 Å². The second-order valence-corrected chi connectivity index (χ2v) is 5.70. The molecule has 1 saturated heterocycles. The lowest BCUT2D eigenvalue weighted by Gasteiger charge is -2.21. The molecule has 0 amide bonds. The topological polar surface area (TPSA) is 52.5 Å². The van der Waals surface area contributed by atoms with Crippen molar-refractivity contribution in [1.82, 2.24) is 5.32 Å². The first kappa shape index (κ1) is 12.6. The monoisotopic (exact) mass is 253 g/mol.